The fourth-order valence-electron chi connectivity index (χ4n) is 2.31. The van der Waals surface area contributed by atoms with Gasteiger partial charge in [-0.2, -0.15) is 0 Å². The van der Waals surface area contributed by atoms with Gasteiger partial charge in [0.2, 0.25) is 0 Å². The highest BCUT2D eigenvalue weighted by Crippen LogP contribution is 2.33. The average Bonchev–Trinajstić information content (AvgIpc) is 2.28. The largest absolute Gasteiger partial charge is 0.497 e. The second-order valence-corrected chi connectivity index (χ2v) is 4.53. The number of hydrogen-bond acceptors (Lipinski definition) is 2. The summed E-state index contributed by atoms with van der Waals surface area (Å²) in [6.45, 7) is 7.52. The molecule has 3 unspecified atom stereocenters. The first-order chi connectivity index (χ1) is 6.72. The molecule has 14 heavy (non-hydrogen) atoms. The van der Waals surface area contributed by atoms with Gasteiger partial charge in [-0.25, -0.2) is 0 Å². The standard InChI is InChI=1S/C12H19NO/c1-4-10-6-13-11-5-8(2)7-14-12(10)9(11)3/h6,8-9,11H,4-5,7H2,1-3H3. The van der Waals surface area contributed by atoms with Gasteiger partial charge in [-0.05, 0) is 18.8 Å². The van der Waals surface area contributed by atoms with Crippen molar-refractivity contribution in [2.24, 2.45) is 16.8 Å². The highest BCUT2D eigenvalue weighted by atomic mass is 16.5. The molecule has 0 aromatic carbocycles. The van der Waals surface area contributed by atoms with Crippen molar-refractivity contribution < 1.29 is 4.74 Å². The van der Waals surface area contributed by atoms with E-state index in [1.165, 1.54) is 11.3 Å². The summed E-state index contributed by atoms with van der Waals surface area (Å²) in [4.78, 5) is 4.63. The number of hydrogen-bond donors (Lipinski definition) is 0. The van der Waals surface area contributed by atoms with Gasteiger partial charge in [-0.3, -0.25) is 4.99 Å². The molecule has 0 radical (unpaired) electrons. The minimum atomic E-state index is 0.456. The Kier molecular flexibility index (Phi) is 2.62. The zero-order valence-electron chi connectivity index (χ0n) is 9.29. The van der Waals surface area contributed by atoms with E-state index in [0.717, 1.165) is 19.4 Å². The second-order valence-electron chi connectivity index (χ2n) is 4.53. The van der Waals surface area contributed by atoms with Crippen LogP contribution in [0.5, 0.6) is 0 Å². The number of rotatable bonds is 1. The normalized spacial score (nSPS) is 36.6. The fourth-order valence-corrected chi connectivity index (χ4v) is 2.31. The van der Waals surface area contributed by atoms with Gasteiger partial charge in [0.1, 0.15) is 5.76 Å². The molecule has 1 saturated heterocycles. The molecule has 2 heteroatoms. The van der Waals surface area contributed by atoms with Gasteiger partial charge in [-0.15, -0.1) is 0 Å². The van der Waals surface area contributed by atoms with Crippen LogP contribution in [0.25, 0.3) is 0 Å². The van der Waals surface area contributed by atoms with Crippen LogP contribution >= 0.6 is 0 Å². The van der Waals surface area contributed by atoms with Crippen LogP contribution in [0, 0.1) is 11.8 Å². The van der Waals surface area contributed by atoms with Gasteiger partial charge in [0, 0.05) is 17.7 Å². The van der Waals surface area contributed by atoms with E-state index in [9.17, 15) is 0 Å². The lowest BCUT2D eigenvalue weighted by Gasteiger charge is -2.24. The molecule has 2 rings (SSSR count). The topological polar surface area (TPSA) is 21.6 Å². The van der Waals surface area contributed by atoms with Crippen molar-refractivity contribution in [3.8, 4) is 0 Å². The Hall–Kier alpha value is -0.790. The predicted octanol–water partition coefficient (Wildman–Crippen LogP) is 2.80. The monoisotopic (exact) mass is 193 g/mol. The van der Waals surface area contributed by atoms with Gasteiger partial charge in [0.15, 0.2) is 0 Å². The van der Waals surface area contributed by atoms with Crippen molar-refractivity contribution in [1.29, 1.82) is 0 Å². The van der Waals surface area contributed by atoms with Crippen molar-refractivity contribution in [2.45, 2.75) is 39.7 Å². The quantitative estimate of drug-likeness (QED) is 0.627. The average molecular weight is 193 g/mol. The molecule has 2 bridgehead atoms. The van der Waals surface area contributed by atoms with Crippen LogP contribution in [0.1, 0.15) is 33.6 Å². The van der Waals surface area contributed by atoms with Crippen molar-refractivity contribution in [3.63, 3.8) is 0 Å². The third kappa shape index (κ3) is 1.58. The summed E-state index contributed by atoms with van der Waals surface area (Å²) in [6, 6.07) is 0.456. The molecule has 0 N–H and O–H groups in total. The first-order valence-electron chi connectivity index (χ1n) is 5.61. The zero-order valence-corrected chi connectivity index (χ0v) is 9.29. The van der Waals surface area contributed by atoms with Gasteiger partial charge in [0.05, 0.1) is 12.6 Å². The van der Waals surface area contributed by atoms with Crippen LogP contribution in [-0.2, 0) is 4.74 Å². The van der Waals surface area contributed by atoms with E-state index < -0.39 is 0 Å². The Bertz CT molecular complexity index is 280. The lowest BCUT2D eigenvalue weighted by molar-refractivity contribution is 0.167. The molecule has 0 aromatic rings. The van der Waals surface area contributed by atoms with E-state index in [2.05, 4.69) is 25.8 Å². The van der Waals surface area contributed by atoms with Gasteiger partial charge in [0.25, 0.3) is 0 Å². The van der Waals surface area contributed by atoms with Crippen LogP contribution in [0.4, 0.5) is 0 Å². The molecule has 0 aromatic heterocycles. The van der Waals surface area contributed by atoms with Crippen molar-refractivity contribution in [3.05, 3.63) is 11.3 Å². The van der Waals surface area contributed by atoms with E-state index in [4.69, 9.17) is 4.74 Å². The van der Waals surface area contributed by atoms with Crippen molar-refractivity contribution in [1.82, 2.24) is 0 Å². The highest BCUT2D eigenvalue weighted by molar-refractivity contribution is 5.80. The number of fused-ring (bicyclic) bond motifs is 2. The summed E-state index contributed by atoms with van der Waals surface area (Å²) in [6.07, 6.45) is 4.22. The predicted molar refractivity (Wildman–Crippen MR) is 58.5 cm³/mol. The van der Waals surface area contributed by atoms with Gasteiger partial charge < -0.3 is 4.74 Å². The molecule has 1 fully saturated rings. The number of aliphatic imine (C=N–C) groups is 1. The summed E-state index contributed by atoms with van der Waals surface area (Å²) in [5.74, 6) is 2.32. The molecular formula is C12H19NO. The third-order valence-electron chi connectivity index (χ3n) is 3.28. The molecule has 2 aliphatic rings. The molecule has 0 spiro atoms. The molecule has 0 saturated carbocycles. The minimum absolute atomic E-state index is 0.456. The van der Waals surface area contributed by atoms with Crippen LogP contribution in [-0.4, -0.2) is 18.9 Å². The number of nitrogens with zero attached hydrogens (tertiary/aromatic N) is 1. The van der Waals surface area contributed by atoms with Crippen LogP contribution in [0.3, 0.4) is 0 Å². The smallest absolute Gasteiger partial charge is 0.106 e. The molecular weight excluding hydrogens is 174 g/mol. The summed E-state index contributed by atoms with van der Waals surface area (Å²) in [5, 5.41) is 0. The Labute approximate surface area is 86.1 Å². The zero-order chi connectivity index (χ0) is 10.1. The highest BCUT2D eigenvalue weighted by Gasteiger charge is 2.31. The van der Waals surface area contributed by atoms with Crippen molar-refractivity contribution in [2.75, 3.05) is 6.61 Å². The number of allylic oxidation sites excluding steroid dienone is 1. The maximum atomic E-state index is 5.89. The van der Waals surface area contributed by atoms with Crippen LogP contribution in [0.2, 0.25) is 0 Å². The molecule has 2 aliphatic heterocycles. The van der Waals surface area contributed by atoms with Crippen molar-refractivity contribution >= 4 is 6.21 Å². The first kappa shape index (κ1) is 9.75. The van der Waals surface area contributed by atoms with E-state index in [0.29, 0.717) is 17.9 Å². The lowest BCUT2D eigenvalue weighted by Crippen LogP contribution is -2.22. The minimum Gasteiger partial charge on any atom is -0.497 e. The van der Waals surface area contributed by atoms with Gasteiger partial charge in [-0.1, -0.05) is 20.8 Å². The molecule has 3 atom stereocenters. The molecule has 2 nitrogen and oxygen atoms in total. The molecule has 0 amide bonds. The second kappa shape index (κ2) is 3.76. The molecule has 0 aliphatic carbocycles. The maximum Gasteiger partial charge on any atom is 0.106 e. The summed E-state index contributed by atoms with van der Waals surface area (Å²) >= 11 is 0. The number of ether oxygens (including phenoxy) is 1. The fraction of sp³-hybridized carbons (Fsp3) is 0.750. The van der Waals surface area contributed by atoms with E-state index in [1.807, 2.05) is 6.21 Å². The van der Waals surface area contributed by atoms with Gasteiger partial charge >= 0.3 is 0 Å². The van der Waals surface area contributed by atoms with Crippen LogP contribution in [0.15, 0.2) is 16.3 Å². The summed E-state index contributed by atoms with van der Waals surface area (Å²) < 4.78 is 5.89. The molecule has 2 heterocycles. The van der Waals surface area contributed by atoms with Crippen LogP contribution < -0.4 is 0 Å². The molecule has 78 valence electrons. The Morgan fingerprint density at radius 1 is 1.50 bits per heavy atom. The summed E-state index contributed by atoms with van der Waals surface area (Å²) in [5.41, 5.74) is 1.29. The number of dihydropyridines is 1. The van der Waals surface area contributed by atoms with E-state index in [1.54, 1.807) is 0 Å². The summed E-state index contributed by atoms with van der Waals surface area (Å²) in [7, 11) is 0. The van der Waals surface area contributed by atoms with E-state index in [-0.39, 0.29) is 0 Å². The Balaban J connectivity index is 2.31. The lowest BCUT2D eigenvalue weighted by atomic mass is 9.89. The SMILES string of the molecule is CCC1=C2OCC(C)CC(N=C1)C2C. The maximum absolute atomic E-state index is 5.89. The van der Waals surface area contributed by atoms with E-state index >= 15 is 0 Å². The Morgan fingerprint density at radius 2 is 2.29 bits per heavy atom. The third-order valence-corrected chi connectivity index (χ3v) is 3.28. The first-order valence-corrected chi connectivity index (χ1v) is 5.61. The Morgan fingerprint density at radius 3 is 3.00 bits per heavy atom.